The summed E-state index contributed by atoms with van der Waals surface area (Å²) in [7, 11) is 1.78. The van der Waals surface area contributed by atoms with Crippen molar-refractivity contribution in [3.05, 3.63) is 15.8 Å². The molecule has 1 N–H and O–H groups in total. The van der Waals surface area contributed by atoms with Crippen LogP contribution in [0.2, 0.25) is 0 Å². The number of anilines is 1. The minimum atomic E-state index is -0.304. The number of hydrogen-bond acceptors (Lipinski definition) is 4. The lowest BCUT2D eigenvalue weighted by molar-refractivity contribution is -0.384. The van der Waals surface area contributed by atoms with Gasteiger partial charge in [0.2, 0.25) is 5.82 Å². The topological polar surface area (TPSA) is 73.0 Å². The molecule has 0 bridgehead atoms. The van der Waals surface area contributed by atoms with Gasteiger partial charge in [0.15, 0.2) is 0 Å². The summed E-state index contributed by atoms with van der Waals surface area (Å²) in [4.78, 5) is 11.1. The van der Waals surface area contributed by atoms with Gasteiger partial charge < -0.3 is 5.32 Å². The zero-order valence-electron chi connectivity index (χ0n) is 13.3. The fourth-order valence-corrected chi connectivity index (χ4v) is 3.43. The van der Waals surface area contributed by atoms with Crippen molar-refractivity contribution in [2.45, 2.75) is 64.8 Å². The van der Waals surface area contributed by atoms with Crippen LogP contribution in [0.4, 0.5) is 11.5 Å². The molecule has 6 nitrogen and oxygen atoms in total. The van der Waals surface area contributed by atoms with Crippen LogP contribution in [0, 0.1) is 16.0 Å². The fourth-order valence-electron chi connectivity index (χ4n) is 3.43. The minimum absolute atomic E-state index is 0.147. The molecule has 1 atom stereocenters. The van der Waals surface area contributed by atoms with Gasteiger partial charge in [-0.2, -0.15) is 5.10 Å². The Kier molecular flexibility index (Phi) is 5.20. The summed E-state index contributed by atoms with van der Waals surface area (Å²) in [5.41, 5.74) is 0.706. The number of hydrogen-bond donors (Lipinski definition) is 1. The fraction of sp³-hybridized carbons (Fsp3) is 0.800. The van der Waals surface area contributed by atoms with E-state index in [9.17, 15) is 10.1 Å². The molecule has 6 heteroatoms. The van der Waals surface area contributed by atoms with Crippen molar-refractivity contribution in [1.29, 1.82) is 0 Å². The molecule has 0 aliphatic heterocycles. The van der Waals surface area contributed by atoms with Crippen molar-refractivity contribution in [1.82, 2.24) is 9.78 Å². The first-order valence-electron chi connectivity index (χ1n) is 8.05. The van der Waals surface area contributed by atoms with E-state index in [1.165, 1.54) is 32.1 Å². The smallest absolute Gasteiger partial charge is 0.333 e. The molecule has 0 spiro atoms. The normalized spacial score (nSPS) is 17.7. The van der Waals surface area contributed by atoms with Gasteiger partial charge in [-0.3, -0.25) is 10.1 Å². The van der Waals surface area contributed by atoms with E-state index in [1.54, 1.807) is 11.7 Å². The van der Waals surface area contributed by atoms with Gasteiger partial charge in [0.25, 0.3) is 0 Å². The summed E-state index contributed by atoms with van der Waals surface area (Å²) in [6, 6.07) is 0.295. The molecule has 0 radical (unpaired) electrons. The van der Waals surface area contributed by atoms with E-state index >= 15 is 0 Å². The van der Waals surface area contributed by atoms with Crippen LogP contribution in [0.5, 0.6) is 0 Å². The van der Waals surface area contributed by atoms with E-state index in [0.717, 1.165) is 6.42 Å². The number of rotatable bonds is 6. The van der Waals surface area contributed by atoms with Crippen molar-refractivity contribution < 1.29 is 4.92 Å². The summed E-state index contributed by atoms with van der Waals surface area (Å²) >= 11 is 0. The standard InChI is InChI=1S/C15H26N4O2/c1-4-12(11-9-7-6-8-10-11)16-15-14(19(20)21)13(5-2)17-18(15)3/h11-12,16H,4-10H2,1-3H3. The van der Waals surface area contributed by atoms with E-state index in [4.69, 9.17) is 0 Å². The number of nitrogens with zero attached hydrogens (tertiary/aromatic N) is 3. The van der Waals surface area contributed by atoms with Crippen LogP contribution in [0.1, 0.15) is 58.1 Å². The number of aromatic nitrogens is 2. The van der Waals surface area contributed by atoms with Gasteiger partial charge in [0, 0.05) is 13.1 Å². The highest BCUT2D eigenvalue weighted by atomic mass is 16.6. The summed E-state index contributed by atoms with van der Waals surface area (Å²) < 4.78 is 1.63. The van der Waals surface area contributed by atoms with E-state index < -0.39 is 0 Å². The van der Waals surface area contributed by atoms with E-state index in [2.05, 4.69) is 17.3 Å². The zero-order valence-corrected chi connectivity index (χ0v) is 13.3. The second kappa shape index (κ2) is 6.91. The maximum absolute atomic E-state index is 11.4. The molecule has 21 heavy (non-hydrogen) atoms. The highest BCUT2D eigenvalue weighted by molar-refractivity contribution is 5.60. The third-order valence-corrected chi connectivity index (χ3v) is 4.59. The molecule has 0 saturated heterocycles. The molecule has 0 amide bonds. The molecule has 1 saturated carbocycles. The quantitative estimate of drug-likeness (QED) is 0.642. The van der Waals surface area contributed by atoms with Gasteiger partial charge in [0.05, 0.1) is 4.92 Å². The molecule has 2 rings (SSSR count). The Balaban J connectivity index is 2.24. The molecular weight excluding hydrogens is 268 g/mol. The Labute approximate surface area is 126 Å². The third-order valence-electron chi connectivity index (χ3n) is 4.59. The van der Waals surface area contributed by atoms with Gasteiger partial charge in [-0.1, -0.05) is 33.1 Å². The van der Waals surface area contributed by atoms with Crippen LogP contribution < -0.4 is 5.32 Å². The Morgan fingerprint density at radius 1 is 1.38 bits per heavy atom. The average Bonchev–Trinajstić information content (AvgIpc) is 2.81. The van der Waals surface area contributed by atoms with Crippen LogP contribution in [-0.2, 0) is 13.5 Å². The molecule has 1 aliphatic carbocycles. The Hall–Kier alpha value is -1.59. The lowest BCUT2D eigenvalue weighted by Gasteiger charge is -2.30. The van der Waals surface area contributed by atoms with Gasteiger partial charge in [0.1, 0.15) is 5.69 Å². The van der Waals surface area contributed by atoms with E-state index in [-0.39, 0.29) is 10.6 Å². The first-order chi connectivity index (χ1) is 10.1. The minimum Gasteiger partial charge on any atom is -0.362 e. The van der Waals surface area contributed by atoms with Crippen molar-refractivity contribution in [3.8, 4) is 0 Å². The molecule has 1 unspecified atom stereocenters. The Morgan fingerprint density at radius 3 is 2.57 bits per heavy atom. The second-order valence-electron chi connectivity index (χ2n) is 5.94. The summed E-state index contributed by atoms with van der Waals surface area (Å²) in [6.45, 7) is 4.05. The van der Waals surface area contributed by atoms with Crippen molar-refractivity contribution >= 4 is 11.5 Å². The van der Waals surface area contributed by atoms with Gasteiger partial charge in [-0.25, -0.2) is 4.68 Å². The maximum Gasteiger partial charge on any atom is 0.333 e. The third kappa shape index (κ3) is 3.36. The van der Waals surface area contributed by atoms with Crippen molar-refractivity contribution in [3.63, 3.8) is 0 Å². The first kappa shape index (κ1) is 15.8. The van der Waals surface area contributed by atoms with Crippen LogP contribution in [-0.4, -0.2) is 20.7 Å². The van der Waals surface area contributed by atoms with Crippen LogP contribution >= 0.6 is 0 Å². The highest BCUT2D eigenvalue weighted by Gasteiger charge is 2.29. The summed E-state index contributed by atoms with van der Waals surface area (Å²) in [6.07, 6.45) is 7.86. The summed E-state index contributed by atoms with van der Waals surface area (Å²) in [5.74, 6) is 1.18. The largest absolute Gasteiger partial charge is 0.362 e. The molecule has 1 heterocycles. The van der Waals surface area contributed by atoms with E-state index in [1.807, 2.05) is 6.92 Å². The highest BCUT2D eigenvalue weighted by Crippen LogP contribution is 2.33. The lowest BCUT2D eigenvalue weighted by atomic mass is 9.83. The molecule has 1 aromatic heterocycles. The lowest BCUT2D eigenvalue weighted by Crippen LogP contribution is -2.31. The number of nitro groups is 1. The monoisotopic (exact) mass is 294 g/mol. The maximum atomic E-state index is 11.4. The Bertz CT molecular complexity index is 492. The zero-order chi connectivity index (χ0) is 15.4. The van der Waals surface area contributed by atoms with Gasteiger partial charge in [-0.15, -0.1) is 0 Å². The summed E-state index contributed by atoms with van der Waals surface area (Å²) in [5, 5.41) is 19.1. The molecule has 0 aromatic carbocycles. The molecule has 1 aliphatic rings. The van der Waals surface area contributed by atoms with Crippen LogP contribution in [0.3, 0.4) is 0 Å². The first-order valence-corrected chi connectivity index (χ1v) is 8.05. The van der Waals surface area contributed by atoms with E-state index in [0.29, 0.717) is 29.9 Å². The Morgan fingerprint density at radius 2 is 2.05 bits per heavy atom. The SMILES string of the molecule is CCc1nn(C)c(NC(CC)C2CCCCC2)c1[N+](=O)[O-]. The van der Waals surface area contributed by atoms with Gasteiger partial charge in [-0.05, 0) is 31.6 Å². The number of nitrogens with one attached hydrogen (secondary N) is 1. The van der Waals surface area contributed by atoms with Crippen LogP contribution in [0.15, 0.2) is 0 Å². The van der Waals surface area contributed by atoms with Gasteiger partial charge >= 0.3 is 5.69 Å². The molecule has 1 aromatic rings. The molecule has 1 fully saturated rings. The second-order valence-corrected chi connectivity index (χ2v) is 5.94. The molecule has 118 valence electrons. The van der Waals surface area contributed by atoms with Crippen molar-refractivity contribution in [2.75, 3.05) is 5.32 Å². The predicted molar refractivity (Wildman–Crippen MR) is 83.5 cm³/mol. The average molecular weight is 294 g/mol. The van der Waals surface area contributed by atoms with Crippen LogP contribution in [0.25, 0.3) is 0 Å². The van der Waals surface area contributed by atoms with Crippen molar-refractivity contribution in [2.24, 2.45) is 13.0 Å². The number of aryl methyl sites for hydroxylation is 2. The molecular formula is C15H26N4O2. The predicted octanol–water partition coefficient (Wildman–Crippen LogP) is 3.66.